The van der Waals surface area contributed by atoms with Crippen molar-refractivity contribution < 1.29 is 23.1 Å². The molecule has 0 spiro atoms. The Kier molecular flexibility index (Phi) is 4.09. The van der Waals surface area contributed by atoms with Crippen molar-refractivity contribution in [2.24, 2.45) is 0 Å². The largest absolute Gasteiger partial charge is 0.506 e. The molecule has 1 amide bonds. The average molecular weight is 276 g/mol. The number of aromatic hydroxyl groups is 1. The second-order valence-electron chi connectivity index (χ2n) is 4.56. The molecule has 0 fully saturated rings. The molecule has 1 aromatic carbocycles. The van der Waals surface area contributed by atoms with Crippen molar-refractivity contribution in [3.8, 4) is 5.75 Å². The van der Waals surface area contributed by atoms with Gasteiger partial charge in [0.25, 0.3) is 0 Å². The van der Waals surface area contributed by atoms with Crippen LogP contribution in [-0.2, 0) is 11.0 Å². The molecule has 0 bridgehead atoms. The van der Waals surface area contributed by atoms with Crippen LogP contribution in [-0.4, -0.2) is 23.6 Å². The predicted molar refractivity (Wildman–Crippen MR) is 64.9 cm³/mol. The molecular formula is C12H15F3N2O2. The highest BCUT2D eigenvalue weighted by Gasteiger charge is 2.32. The Bertz CT molecular complexity index is 484. The Morgan fingerprint density at radius 3 is 2.32 bits per heavy atom. The number of phenolic OH excluding ortho intramolecular Hbond substituents is 1. The van der Waals surface area contributed by atoms with Crippen LogP contribution in [0.25, 0.3) is 0 Å². The zero-order valence-corrected chi connectivity index (χ0v) is 10.7. The molecular weight excluding hydrogens is 261 g/mol. The summed E-state index contributed by atoms with van der Waals surface area (Å²) < 4.78 is 37.6. The van der Waals surface area contributed by atoms with Gasteiger partial charge in [0.2, 0.25) is 5.91 Å². The van der Waals surface area contributed by atoms with Gasteiger partial charge in [-0.2, -0.15) is 13.2 Å². The molecule has 1 rings (SSSR count). The maximum Gasteiger partial charge on any atom is 0.416 e. The van der Waals surface area contributed by atoms with Crippen molar-refractivity contribution in [2.45, 2.75) is 25.6 Å². The Balaban J connectivity index is 3.05. The molecule has 0 aliphatic rings. The van der Waals surface area contributed by atoms with Crippen LogP contribution in [0.3, 0.4) is 0 Å². The van der Waals surface area contributed by atoms with Crippen LogP contribution in [0.4, 0.5) is 18.9 Å². The van der Waals surface area contributed by atoms with E-state index in [0.717, 1.165) is 12.1 Å². The molecule has 4 nitrogen and oxygen atoms in total. The molecule has 106 valence electrons. The fraction of sp³-hybridized carbons (Fsp3) is 0.417. The summed E-state index contributed by atoms with van der Waals surface area (Å²) >= 11 is 0. The number of hydrogen-bond acceptors (Lipinski definition) is 3. The molecule has 19 heavy (non-hydrogen) atoms. The highest BCUT2D eigenvalue weighted by atomic mass is 19.4. The fourth-order valence-electron chi connectivity index (χ4n) is 1.20. The Hall–Kier alpha value is -1.76. The number of hydrogen-bond donors (Lipinski definition) is 3. The van der Waals surface area contributed by atoms with Crippen LogP contribution in [0.1, 0.15) is 19.4 Å². The van der Waals surface area contributed by atoms with Gasteiger partial charge in [0, 0.05) is 0 Å². The molecule has 7 heteroatoms. The molecule has 0 atom stereocenters. The summed E-state index contributed by atoms with van der Waals surface area (Å²) in [5.74, 6) is -0.974. The van der Waals surface area contributed by atoms with Crippen molar-refractivity contribution in [3.05, 3.63) is 23.8 Å². The third-order valence-corrected chi connectivity index (χ3v) is 2.76. The van der Waals surface area contributed by atoms with Crippen LogP contribution in [0.2, 0.25) is 0 Å². The van der Waals surface area contributed by atoms with E-state index < -0.39 is 28.9 Å². The highest BCUT2D eigenvalue weighted by Crippen LogP contribution is 2.34. The monoisotopic (exact) mass is 276 g/mol. The van der Waals surface area contributed by atoms with Crippen molar-refractivity contribution in [1.82, 2.24) is 5.32 Å². The van der Waals surface area contributed by atoms with Crippen LogP contribution < -0.4 is 10.6 Å². The number of anilines is 1. The van der Waals surface area contributed by atoms with Gasteiger partial charge in [0.05, 0.1) is 16.8 Å². The van der Waals surface area contributed by atoms with E-state index in [1.54, 1.807) is 20.9 Å². The Morgan fingerprint density at radius 2 is 1.84 bits per heavy atom. The summed E-state index contributed by atoms with van der Waals surface area (Å²) in [7, 11) is 1.55. The van der Waals surface area contributed by atoms with Gasteiger partial charge in [0.15, 0.2) is 0 Å². The summed E-state index contributed by atoms with van der Waals surface area (Å²) in [4.78, 5) is 11.8. The second kappa shape index (κ2) is 5.08. The van der Waals surface area contributed by atoms with E-state index in [-0.39, 0.29) is 5.69 Å². The van der Waals surface area contributed by atoms with E-state index in [9.17, 15) is 23.1 Å². The number of carbonyl (C=O) groups is 1. The molecule has 0 aliphatic carbocycles. The molecule has 1 aromatic rings. The Morgan fingerprint density at radius 1 is 1.26 bits per heavy atom. The van der Waals surface area contributed by atoms with Crippen molar-refractivity contribution >= 4 is 11.6 Å². The van der Waals surface area contributed by atoms with Gasteiger partial charge in [-0.15, -0.1) is 0 Å². The number of halogens is 3. The molecule has 3 N–H and O–H groups in total. The maximum absolute atomic E-state index is 12.5. The number of alkyl halides is 3. The molecule has 0 heterocycles. The normalized spacial score (nSPS) is 12.3. The molecule has 0 aromatic heterocycles. The van der Waals surface area contributed by atoms with Gasteiger partial charge in [-0.3, -0.25) is 4.79 Å². The van der Waals surface area contributed by atoms with Gasteiger partial charge < -0.3 is 15.7 Å². The minimum atomic E-state index is -4.54. The predicted octanol–water partition coefficient (Wildman–Crippen LogP) is 2.35. The van der Waals surface area contributed by atoms with E-state index in [4.69, 9.17) is 0 Å². The van der Waals surface area contributed by atoms with Crippen molar-refractivity contribution in [2.75, 3.05) is 12.4 Å². The zero-order valence-electron chi connectivity index (χ0n) is 10.7. The van der Waals surface area contributed by atoms with E-state index in [1.165, 1.54) is 0 Å². The molecule has 0 saturated heterocycles. The summed E-state index contributed by atoms with van der Waals surface area (Å²) in [6.07, 6.45) is -4.54. The topological polar surface area (TPSA) is 61.4 Å². The first-order valence-electron chi connectivity index (χ1n) is 5.48. The molecule has 0 radical (unpaired) electrons. The second-order valence-corrected chi connectivity index (χ2v) is 4.56. The van der Waals surface area contributed by atoms with E-state index >= 15 is 0 Å². The third kappa shape index (κ3) is 3.60. The number of carbonyl (C=O) groups excluding carboxylic acids is 1. The standard InChI is InChI=1S/C12H15F3N2O2/c1-11(2,16-3)10(19)17-8-6-7(12(13,14)15)4-5-9(8)18/h4-6,16,18H,1-3H3,(H,17,19). The number of likely N-dealkylation sites (N-methyl/N-ethyl adjacent to an activating group) is 1. The number of amides is 1. The van der Waals surface area contributed by atoms with Crippen LogP contribution in [0, 0.1) is 0 Å². The zero-order chi connectivity index (χ0) is 14.8. The van der Waals surface area contributed by atoms with Gasteiger partial charge >= 0.3 is 6.18 Å². The minimum Gasteiger partial charge on any atom is -0.506 e. The minimum absolute atomic E-state index is 0.275. The molecule has 0 unspecified atom stereocenters. The first kappa shape index (κ1) is 15.3. The number of phenols is 1. The van der Waals surface area contributed by atoms with Crippen LogP contribution in [0.5, 0.6) is 5.75 Å². The average Bonchev–Trinajstić information content (AvgIpc) is 2.30. The molecule has 0 aliphatic heterocycles. The SMILES string of the molecule is CNC(C)(C)C(=O)Nc1cc(C(F)(F)F)ccc1O. The lowest BCUT2D eigenvalue weighted by atomic mass is 10.0. The Labute approximate surface area is 108 Å². The smallest absolute Gasteiger partial charge is 0.416 e. The quantitative estimate of drug-likeness (QED) is 0.743. The highest BCUT2D eigenvalue weighted by molar-refractivity contribution is 5.98. The lowest BCUT2D eigenvalue weighted by Crippen LogP contribution is -2.47. The number of rotatable bonds is 3. The summed E-state index contributed by atoms with van der Waals surface area (Å²) in [5.41, 5.74) is -2.19. The van der Waals surface area contributed by atoms with Gasteiger partial charge in [-0.1, -0.05) is 0 Å². The number of benzene rings is 1. The van der Waals surface area contributed by atoms with Crippen LogP contribution >= 0.6 is 0 Å². The van der Waals surface area contributed by atoms with E-state index in [0.29, 0.717) is 6.07 Å². The van der Waals surface area contributed by atoms with E-state index in [2.05, 4.69) is 10.6 Å². The lowest BCUT2D eigenvalue weighted by molar-refractivity contribution is -0.137. The maximum atomic E-state index is 12.5. The van der Waals surface area contributed by atoms with Gasteiger partial charge in [-0.05, 0) is 39.1 Å². The van der Waals surface area contributed by atoms with Gasteiger partial charge in [-0.25, -0.2) is 0 Å². The summed E-state index contributed by atoms with van der Waals surface area (Å²) in [6.45, 7) is 3.12. The first-order valence-corrected chi connectivity index (χ1v) is 5.48. The fourth-order valence-corrected chi connectivity index (χ4v) is 1.20. The van der Waals surface area contributed by atoms with Gasteiger partial charge in [0.1, 0.15) is 5.75 Å². The van der Waals surface area contributed by atoms with E-state index in [1.807, 2.05) is 0 Å². The summed E-state index contributed by atoms with van der Waals surface area (Å²) in [6, 6.07) is 2.33. The summed E-state index contributed by atoms with van der Waals surface area (Å²) in [5, 5.41) is 14.5. The van der Waals surface area contributed by atoms with Crippen molar-refractivity contribution in [3.63, 3.8) is 0 Å². The third-order valence-electron chi connectivity index (χ3n) is 2.76. The first-order chi connectivity index (χ1) is 8.58. The number of nitrogens with one attached hydrogen (secondary N) is 2. The van der Waals surface area contributed by atoms with Crippen molar-refractivity contribution in [1.29, 1.82) is 0 Å². The van der Waals surface area contributed by atoms with Crippen LogP contribution in [0.15, 0.2) is 18.2 Å². The molecule has 0 saturated carbocycles. The lowest BCUT2D eigenvalue weighted by Gasteiger charge is -2.23.